The zero-order valence-corrected chi connectivity index (χ0v) is 23.6. The van der Waals surface area contributed by atoms with Crippen molar-refractivity contribution in [2.45, 2.75) is 47.1 Å². The molecule has 0 spiro atoms. The number of aromatic hydroxyl groups is 1. The fraction of sp³-hybridized carbons (Fsp3) is 0.478. The maximum atomic E-state index is 14.0. The second-order valence-corrected chi connectivity index (χ2v) is 14.0. The Morgan fingerprint density at radius 3 is 2.63 bits per heavy atom. The van der Waals surface area contributed by atoms with Gasteiger partial charge in [0.15, 0.2) is 11.6 Å². The summed E-state index contributed by atoms with van der Waals surface area (Å²) in [5, 5.41) is 23.0. The predicted molar refractivity (Wildman–Crippen MR) is 147 cm³/mol. The van der Waals surface area contributed by atoms with Gasteiger partial charge >= 0.3 is 7.52 Å². The number of rotatable bonds is 8. The van der Waals surface area contributed by atoms with Crippen LogP contribution in [0.4, 0.5) is 11.4 Å². The van der Waals surface area contributed by atoms with Crippen LogP contribution < -0.4 is 26.3 Å². The Bertz CT molecular complexity index is 1540. The first-order valence-electron chi connectivity index (χ1n) is 12.1. The first kappa shape index (κ1) is 27.8. The number of nitrogens with one attached hydrogen (secondary N) is 3. The molecule has 206 valence electrons. The number of hydrazone groups is 1. The SMILES string of the molecule is CCOP1(=O)N=C(c2c(O)c(C3=NNCC3)nn(CCC(C)(C)C)c2=O)Nc2ccc(NS(C)(=O)=O)cc21. The monoisotopic (exact) mass is 565 g/mol. The number of nitrogens with zero attached hydrogens (tertiary/aromatic N) is 4. The largest absolute Gasteiger partial charge is 0.505 e. The minimum absolute atomic E-state index is 0.0309. The normalized spacial score (nSPS) is 19.2. The van der Waals surface area contributed by atoms with Gasteiger partial charge in [0.2, 0.25) is 10.0 Å². The predicted octanol–water partition coefficient (Wildman–Crippen LogP) is 2.18. The van der Waals surface area contributed by atoms with E-state index in [0.717, 1.165) is 6.26 Å². The molecule has 4 rings (SSSR count). The molecule has 0 saturated heterocycles. The van der Waals surface area contributed by atoms with Crippen molar-refractivity contribution >= 4 is 45.8 Å². The zero-order valence-electron chi connectivity index (χ0n) is 21.9. The van der Waals surface area contributed by atoms with Crippen LogP contribution in [0.3, 0.4) is 0 Å². The summed E-state index contributed by atoms with van der Waals surface area (Å²) >= 11 is 0. The summed E-state index contributed by atoms with van der Waals surface area (Å²) in [6.45, 7) is 8.63. The number of amidine groups is 1. The third kappa shape index (κ3) is 5.92. The average molecular weight is 566 g/mol. The maximum Gasteiger partial charge on any atom is 0.348 e. The third-order valence-corrected chi connectivity index (χ3v) is 8.45. The lowest BCUT2D eigenvalue weighted by Gasteiger charge is -2.26. The Morgan fingerprint density at radius 1 is 1.29 bits per heavy atom. The maximum absolute atomic E-state index is 14.0. The van der Waals surface area contributed by atoms with Crippen LogP contribution in [0.25, 0.3) is 0 Å². The Labute approximate surface area is 221 Å². The lowest BCUT2D eigenvalue weighted by Crippen LogP contribution is -2.36. The number of sulfonamides is 1. The van der Waals surface area contributed by atoms with Crippen LogP contribution in [-0.2, 0) is 25.7 Å². The molecule has 1 aromatic carbocycles. The molecule has 3 heterocycles. The van der Waals surface area contributed by atoms with E-state index in [0.29, 0.717) is 30.8 Å². The van der Waals surface area contributed by atoms with Crippen LogP contribution in [0.2, 0.25) is 0 Å². The van der Waals surface area contributed by atoms with Gasteiger partial charge in [-0.15, -0.1) is 0 Å². The molecule has 1 aromatic heterocycles. The van der Waals surface area contributed by atoms with E-state index in [1.54, 1.807) is 6.92 Å². The van der Waals surface area contributed by atoms with Gasteiger partial charge in [0, 0.05) is 25.2 Å². The molecule has 0 bridgehead atoms. The minimum Gasteiger partial charge on any atom is -0.505 e. The molecule has 38 heavy (non-hydrogen) atoms. The number of hydrogen-bond donors (Lipinski definition) is 4. The van der Waals surface area contributed by atoms with Crippen molar-refractivity contribution in [1.29, 1.82) is 0 Å². The van der Waals surface area contributed by atoms with Crippen molar-refractivity contribution in [2.75, 3.05) is 29.4 Å². The number of anilines is 2. The van der Waals surface area contributed by atoms with Gasteiger partial charge in [0.1, 0.15) is 11.3 Å². The van der Waals surface area contributed by atoms with Gasteiger partial charge in [-0.05, 0) is 37.0 Å². The summed E-state index contributed by atoms with van der Waals surface area (Å²) < 4.78 is 50.9. The van der Waals surface area contributed by atoms with E-state index in [9.17, 15) is 22.9 Å². The van der Waals surface area contributed by atoms with E-state index in [4.69, 9.17) is 4.52 Å². The Morgan fingerprint density at radius 2 is 2.03 bits per heavy atom. The topological polar surface area (TPSA) is 176 Å². The fourth-order valence-electron chi connectivity index (χ4n) is 3.99. The van der Waals surface area contributed by atoms with Crippen LogP contribution in [0.1, 0.15) is 51.8 Å². The second-order valence-electron chi connectivity index (χ2n) is 10.2. The van der Waals surface area contributed by atoms with Crippen molar-refractivity contribution in [2.24, 2.45) is 15.3 Å². The fourth-order valence-corrected chi connectivity index (χ4v) is 6.35. The molecular formula is C23H32N7O6PS. The van der Waals surface area contributed by atoms with Crippen LogP contribution in [0.15, 0.2) is 32.9 Å². The van der Waals surface area contributed by atoms with Crippen LogP contribution in [0, 0.1) is 5.41 Å². The molecule has 0 fully saturated rings. The van der Waals surface area contributed by atoms with Gasteiger partial charge in [0.05, 0.1) is 29.6 Å². The van der Waals surface area contributed by atoms with E-state index in [1.165, 1.54) is 22.9 Å². The third-order valence-electron chi connectivity index (χ3n) is 5.80. The van der Waals surface area contributed by atoms with E-state index in [-0.39, 0.29) is 46.7 Å². The minimum atomic E-state index is -3.99. The second kappa shape index (κ2) is 10.2. The van der Waals surface area contributed by atoms with Crippen molar-refractivity contribution in [3.05, 3.63) is 39.8 Å². The van der Waals surface area contributed by atoms with Gasteiger partial charge in [-0.25, -0.2) is 13.1 Å². The number of fused-ring (bicyclic) bond motifs is 1. The highest BCUT2D eigenvalue weighted by molar-refractivity contribution is 7.92. The van der Waals surface area contributed by atoms with Crippen molar-refractivity contribution < 1.29 is 22.6 Å². The summed E-state index contributed by atoms with van der Waals surface area (Å²) in [5.74, 6) is -0.571. The van der Waals surface area contributed by atoms with Crippen LogP contribution >= 0.6 is 7.52 Å². The molecule has 2 aliphatic heterocycles. The highest BCUT2D eigenvalue weighted by Gasteiger charge is 2.37. The first-order valence-corrected chi connectivity index (χ1v) is 15.6. The number of aromatic nitrogens is 2. The molecule has 0 radical (unpaired) electrons. The molecule has 0 saturated carbocycles. The molecule has 0 amide bonds. The standard InChI is InChI=1S/C23H32N7O6PS/c1-6-36-37(33)17-13-14(29-38(5,34)35)7-8-15(17)25-21(28-37)18-20(31)19(16-9-11-24-26-16)27-30(22(18)32)12-10-23(2,3)4/h7-8,13,24,29,31H,6,9-12H2,1-5H3,(H,25,28,33). The summed E-state index contributed by atoms with van der Waals surface area (Å²) in [6.07, 6.45) is 2.13. The molecule has 2 aliphatic rings. The van der Waals surface area contributed by atoms with E-state index in [1.807, 2.05) is 20.8 Å². The average Bonchev–Trinajstić information content (AvgIpc) is 3.32. The summed E-state index contributed by atoms with van der Waals surface area (Å²) in [7, 11) is -7.58. The summed E-state index contributed by atoms with van der Waals surface area (Å²) in [6, 6.07) is 4.36. The molecule has 13 nitrogen and oxygen atoms in total. The lowest BCUT2D eigenvalue weighted by molar-refractivity contribution is 0.334. The molecule has 15 heteroatoms. The van der Waals surface area contributed by atoms with Crippen molar-refractivity contribution in [3.8, 4) is 5.75 Å². The quantitative estimate of drug-likeness (QED) is 0.349. The Kier molecular flexibility index (Phi) is 7.43. The van der Waals surface area contributed by atoms with E-state index < -0.39 is 28.9 Å². The summed E-state index contributed by atoms with van der Waals surface area (Å²) in [5.41, 5.74) is 3.02. The van der Waals surface area contributed by atoms with Gasteiger partial charge in [-0.3, -0.25) is 14.1 Å². The van der Waals surface area contributed by atoms with Gasteiger partial charge < -0.3 is 20.4 Å². The highest BCUT2D eigenvalue weighted by atomic mass is 32.2. The van der Waals surface area contributed by atoms with E-state index >= 15 is 0 Å². The molecule has 4 N–H and O–H groups in total. The molecule has 1 atom stereocenters. The summed E-state index contributed by atoms with van der Waals surface area (Å²) in [4.78, 5) is 13.6. The Hall–Kier alpha value is -3.22. The lowest BCUT2D eigenvalue weighted by atomic mass is 9.92. The highest BCUT2D eigenvalue weighted by Crippen LogP contribution is 2.52. The number of hydrogen-bond acceptors (Lipinski definition) is 10. The molecule has 1 unspecified atom stereocenters. The van der Waals surface area contributed by atoms with Gasteiger partial charge in [-0.1, -0.05) is 20.8 Å². The molecule has 2 aromatic rings. The smallest absolute Gasteiger partial charge is 0.348 e. The van der Waals surface area contributed by atoms with Gasteiger partial charge in [-0.2, -0.15) is 15.0 Å². The number of aryl methyl sites for hydroxylation is 1. The number of benzene rings is 1. The van der Waals surface area contributed by atoms with Crippen LogP contribution in [-0.4, -0.2) is 54.3 Å². The van der Waals surface area contributed by atoms with Gasteiger partial charge in [0.25, 0.3) is 5.56 Å². The zero-order chi connectivity index (χ0) is 27.9. The van der Waals surface area contributed by atoms with E-state index in [2.05, 4.69) is 30.4 Å². The van der Waals surface area contributed by atoms with Crippen molar-refractivity contribution in [3.63, 3.8) is 0 Å². The van der Waals surface area contributed by atoms with Crippen molar-refractivity contribution in [1.82, 2.24) is 15.2 Å². The molecule has 0 aliphatic carbocycles. The first-order chi connectivity index (χ1) is 17.7. The Balaban J connectivity index is 1.89. The molecular weight excluding hydrogens is 533 g/mol. The van der Waals surface area contributed by atoms with Crippen LogP contribution in [0.5, 0.6) is 5.75 Å².